The van der Waals surface area contributed by atoms with E-state index < -0.39 is 0 Å². The Labute approximate surface area is 94.1 Å². The first kappa shape index (κ1) is 11.0. The quantitative estimate of drug-likeness (QED) is 0.838. The number of halogens is 1. The Kier molecular flexibility index (Phi) is 4.73. The Morgan fingerprint density at radius 1 is 1.38 bits per heavy atom. The lowest BCUT2D eigenvalue weighted by Crippen LogP contribution is -2.16. The average Bonchev–Trinajstić information content (AvgIpc) is 2.16. The molecule has 2 heteroatoms. The highest BCUT2D eigenvalue weighted by Gasteiger charge is 2.09. The molecule has 0 radical (unpaired) electrons. The minimum Gasteiger partial charge on any atom is -0.313 e. The summed E-state index contributed by atoms with van der Waals surface area (Å²) in [5.74, 6) is 0. The van der Waals surface area contributed by atoms with Gasteiger partial charge < -0.3 is 5.32 Å². The summed E-state index contributed by atoms with van der Waals surface area (Å²) in [6.45, 7) is 2.22. The first-order valence-corrected chi connectivity index (χ1v) is 5.79. The van der Waals surface area contributed by atoms with Gasteiger partial charge in [0.05, 0.1) is 0 Å². The van der Waals surface area contributed by atoms with Crippen LogP contribution in [0.1, 0.15) is 31.4 Å². The summed E-state index contributed by atoms with van der Waals surface area (Å²) in [6, 6.07) is 9.08. The fourth-order valence-corrected chi connectivity index (χ4v) is 2.27. The van der Waals surface area contributed by atoms with Crippen LogP contribution in [0.5, 0.6) is 0 Å². The van der Waals surface area contributed by atoms with Crippen molar-refractivity contribution in [3.8, 4) is 0 Å². The fraction of sp³-hybridized carbons (Fsp3) is 0.455. The molecule has 0 spiro atoms. The summed E-state index contributed by atoms with van der Waals surface area (Å²) in [6.07, 6.45) is 2.42. The van der Waals surface area contributed by atoms with E-state index in [9.17, 15) is 0 Å². The van der Waals surface area contributed by atoms with Crippen molar-refractivity contribution < 1.29 is 0 Å². The van der Waals surface area contributed by atoms with Crippen LogP contribution in [0, 0.1) is 3.57 Å². The summed E-state index contributed by atoms with van der Waals surface area (Å²) in [4.78, 5) is 0. The van der Waals surface area contributed by atoms with Gasteiger partial charge in [0.2, 0.25) is 0 Å². The monoisotopic (exact) mass is 289 g/mol. The molecule has 0 aromatic heterocycles. The van der Waals surface area contributed by atoms with Gasteiger partial charge in [-0.2, -0.15) is 0 Å². The average molecular weight is 289 g/mol. The zero-order chi connectivity index (χ0) is 9.68. The van der Waals surface area contributed by atoms with E-state index in [0.717, 1.165) is 0 Å². The smallest absolute Gasteiger partial charge is 0.0327 e. The maximum atomic E-state index is 3.36. The Bertz CT molecular complexity index is 260. The predicted octanol–water partition coefficient (Wildman–Crippen LogP) is 3.35. The molecule has 1 N–H and O–H groups in total. The lowest BCUT2D eigenvalue weighted by atomic mass is 10.0. The second-order valence-electron chi connectivity index (χ2n) is 3.15. The standard InChI is InChI=1S/C11H16IN/c1-3-6-11(13-2)9-7-4-5-8-10(9)12/h4-5,7-8,11,13H,3,6H2,1-2H3. The van der Waals surface area contributed by atoms with Gasteiger partial charge in [-0.05, 0) is 47.7 Å². The molecular formula is C11H16IN. The first-order valence-electron chi connectivity index (χ1n) is 4.71. The summed E-state index contributed by atoms with van der Waals surface area (Å²) in [5.41, 5.74) is 1.42. The molecule has 1 aromatic carbocycles. The van der Waals surface area contributed by atoms with Gasteiger partial charge in [0, 0.05) is 9.61 Å². The van der Waals surface area contributed by atoms with Crippen molar-refractivity contribution >= 4 is 22.6 Å². The summed E-state index contributed by atoms with van der Waals surface area (Å²) in [7, 11) is 2.03. The Hall–Kier alpha value is -0.0900. The maximum absolute atomic E-state index is 3.36. The van der Waals surface area contributed by atoms with Gasteiger partial charge in [0.25, 0.3) is 0 Å². The van der Waals surface area contributed by atoms with Crippen LogP contribution in [0.25, 0.3) is 0 Å². The van der Waals surface area contributed by atoms with Crippen molar-refractivity contribution in [2.45, 2.75) is 25.8 Å². The predicted molar refractivity (Wildman–Crippen MR) is 65.9 cm³/mol. The lowest BCUT2D eigenvalue weighted by Gasteiger charge is -2.16. The van der Waals surface area contributed by atoms with Gasteiger partial charge in [-0.25, -0.2) is 0 Å². The second-order valence-corrected chi connectivity index (χ2v) is 4.31. The van der Waals surface area contributed by atoms with Crippen molar-refractivity contribution in [3.05, 3.63) is 33.4 Å². The number of rotatable bonds is 4. The molecule has 0 fully saturated rings. The highest BCUT2D eigenvalue weighted by Crippen LogP contribution is 2.22. The number of hydrogen-bond acceptors (Lipinski definition) is 1. The highest BCUT2D eigenvalue weighted by atomic mass is 127. The van der Waals surface area contributed by atoms with E-state index in [2.05, 4.69) is 59.1 Å². The zero-order valence-electron chi connectivity index (χ0n) is 8.18. The van der Waals surface area contributed by atoms with E-state index >= 15 is 0 Å². The molecule has 1 rings (SSSR count). The van der Waals surface area contributed by atoms with Crippen LogP contribution >= 0.6 is 22.6 Å². The van der Waals surface area contributed by atoms with Gasteiger partial charge in [-0.3, -0.25) is 0 Å². The third-order valence-electron chi connectivity index (χ3n) is 2.21. The molecule has 0 amide bonds. The summed E-state index contributed by atoms with van der Waals surface area (Å²) < 4.78 is 1.35. The molecule has 0 saturated carbocycles. The normalized spacial score (nSPS) is 12.8. The van der Waals surface area contributed by atoms with Gasteiger partial charge in [-0.1, -0.05) is 31.5 Å². The zero-order valence-corrected chi connectivity index (χ0v) is 10.3. The Morgan fingerprint density at radius 3 is 2.62 bits per heavy atom. The molecule has 1 unspecified atom stereocenters. The molecule has 0 aliphatic heterocycles. The molecule has 0 heterocycles. The van der Waals surface area contributed by atoms with E-state index in [-0.39, 0.29) is 0 Å². The van der Waals surface area contributed by atoms with Crippen LogP contribution in [0.15, 0.2) is 24.3 Å². The van der Waals surface area contributed by atoms with E-state index in [1.54, 1.807) is 0 Å². The molecule has 0 aliphatic carbocycles. The van der Waals surface area contributed by atoms with Crippen LogP contribution in [-0.4, -0.2) is 7.05 Å². The van der Waals surface area contributed by atoms with Crippen molar-refractivity contribution in [2.24, 2.45) is 0 Å². The summed E-state index contributed by atoms with van der Waals surface area (Å²) in [5, 5.41) is 3.36. The molecule has 0 saturated heterocycles. The summed E-state index contributed by atoms with van der Waals surface area (Å²) >= 11 is 2.40. The van der Waals surface area contributed by atoms with Crippen LogP contribution in [-0.2, 0) is 0 Å². The molecule has 13 heavy (non-hydrogen) atoms. The maximum Gasteiger partial charge on any atom is 0.0327 e. The number of benzene rings is 1. The minimum absolute atomic E-state index is 0.512. The lowest BCUT2D eigenvalue weighted by molar-refractivity contribution is 0.539. The Balaban J connectivity index is 2.84. The molecule has 1 atom stereocenters. The first-order chi connectivity index (χ1) is 6.29. The highest BCUT2D eigenvalue weighted by molar-refractivity contribution is 14.1. The molecule has 1 aromatic rings. The van der Waals surface area contributed by atoms with Crippen LogP contribution in [0.3, 0.4) is 0 Å². The largest absolute Gasteiger partial charge is 0.313 e. The van der Waals surface area contributed by atoms with E-state index in [0.29, 0.717) is 6.04 Å². The van der Waals surface area contributed by atoms with Crippen molar-refractivity contribution in [1.29, 1.82) is 0 Å². The van der Waals surface area contributed by atoms with Gasteiger partial charge in [0.15, 0.2) is 0 Å². The van der Waals surface area contributed by atoms with E-state index in [1.165, 1.54) is 22.0 Å². The fourth-order valence-electron chi connectivity index (χ4n) is 1.50. The van der Waals surface area contributed by atoms with Crippen LogP contribution in [0.2, 0.25) is 0 Å². The van der Waals surface area contributed by atoms with E-state index in [4.69, 9.17) is 0 Å². The van der Waals surface area contributed by atoms with Gasteiger partial charge in [-0.15, -0.1) is 0 Å². The number of nitrogens with one attached hydrogen (secondary N) is 1. The van der Waals surface area contributed by atoms with Gasteiger partial charge >= 0.3 is 0 Å². The molecule has 1 nitrogen and oxygen atoms in total. The molecule has 72 valence electrons. The third-order valence-corrected chi connectivity index (χ3v) is 3.19. The second kappa shape index (κ2) is 5.60. The molecule has 0 aliphatic rings. The van der Waals surface area contributed by atoms with Gasteiger partial charge in [0.1, 0.15) is 0 Å². The molecule has 0 bridgehead atoms. The van der Waals surface area contributed by atoms with E-state index in [1.807, 2.05) is 7.05 Å². The van der Waals surface area contributed by atoms with Crippen molar-refractivity contribution in [3.63, 3.8) is 0 Å². The van der Waals surface area contributed by atoms with Crippen LogP contribution in [0.4, 0.5) is 0 Å². The molecular weight excluding hydrogens is 273 g/mol. The van der Waals surface area contributed by atoms with Crippen molar-refractivity contribution in [1.82, 2.24) is 5.32 Å². The minimum atomic E-state index is 0.512. The van der Waals surface area contributed by atoms with Crippen LogP contribution < -0.4 is 5.32 Å². The van der Waals surface area contributed by atoms with Crippen molar-refractivity contribution in [2.75, 3.05) is 7.05 Å². The third kappa shape index (κ3) is 2.95. The number of hydrogen-bond donors (Lipinski definition) is 1. The topological polar surface area (TPSA) is 12.0 Å². The Morgan fingerprint density at radius 2 is 2.08 bits per heavy atom. The SMILES string of the molecule is CCCC(NC)c1ccccc1I.